The van der Waals surface area contributed by atoms with E-state index >= 15 is 0 Å². The average Bonchev–Trinajstić information content (AvgIpc) is 3.36. The number of nitrogens with zero attached hydrogens (tertiary/aromatic N) is 5. The van der Waals surface area contributed by atoms with Gasteiger partial charge in [0.05, 0.1) is 20.2 Å². The fraction of sp³-hybridized carbons (Fsp3) is 0.267. The van der Waals surface area contributed by atoms with E-state index in [9.17, 15) is 4.79 Å². The summed E-state index contributed by atoms with van der Waals surface area (Å²) in [4.78, 5) is 18.4. The molecule has 0 aliphatic rings. The first-order valence-electron chi connectivity index (χ1n) is 12.8. The molecule has 5 aromatic rings. The van der Waals surface area contributed by atoms with Gasteiger partial charge in [0.1, 0.15) is 5.75 Å². The van der Waals surface area contributed by atoms with Crippen molar-refractivity contribution in [3.05, 3.63) is 117 Å². The topological polar surface area (TPSA) is 88.9 Å². The highest BCUT2D eigenvalue weighted by Gasteiger charge is 2.16. The molecule has 194 valence electrons. The van der Waals surface area contributed by atoms with Gasteiger partial charge in [0.2, 0.25) is 0 Å². The van der Waals surface area contributed by atoms with Crippen molar-refractivity contribution < 1.29 is 4.74 Å². The van der Waals surface area contributed by atoms with Crippen LogP contribution < -0.4 is 10.3 Å². The third-order valence-corrected chi connectivity index (χ3v) is 6.95. The molecule has 0 bridgehead atoms. The lowest BCUT2D eigenvalue weighted by molar-refractivity contribution is 0.248. The molecule has 0 saturated heterocycles. The Hall–Kier alpha value is -4.30. The van der Waals surface area contributed by atoms with Crippen LogP contribution in [0.15, 0.2) is 77.6 Å². The summed E-state index contributed by atoms with van der Waals surface area (Å²) in [5.74, 6) is 1.56. The number of methoxy groups -OCH3 is 1. The van der Waals surface area contributed by atoms with Gasteiger partial charge in [-0.25, -0.2) is 4.68 Å². The third-order valence-electron chi connectivity index (χ3n) is 6.95. The van der Waals surface area contributed by atoms with Crippen LogP contribution in [0, 0.1) is 13.8 Å². The summed E-state index contributed by atoms with van der Waals surface area (Å²) in [5, 5.41) is 13.6. The van der Waals surface area contributed by atoms with Gasteiger partial charge in [-0.3, -0.25) is 9.69 Å². The van der Waals surface area contributed by atoms with E-state index in [0.717, 1.165) is 52.1 Å². The molecule has 2 heterocycles. The smallest absolute Gasteiger partial charge is 0.252 e. The van der Waals surface area contributed by atoms with Crippen LogP contribution in [0.5, 0.6) is 5.75 Å². The normalized spacial score (nSPS) is 11.4. The highest BCUT2D eigenvalue weighted by molar-refractivity contribution is 5.80. The Balaban J connectivity index is 1.40. The maximum absolute atomic E-state index is 13.1. The minimum Gasteiger partial charge on any atom is -0.497 e. The Labute approximate surface area is 221 Å². The van der Waals surface area contributed by atoms with Crippen LogP contribution in [-0.2, 0) is 26.1 Å². The van der Waals surface area contributed by atoms with E-state index in [2.05, 4.69) is 57.5 Å². The van der Waals surface area contributed by atoms with Crippen molar-refractivity contribution in [2.45, 2.75) is 39.9 Å². The molecule has 0 saturated carbocycles. The SMILES string of the molecule is COc1ccc(Cn2nnnc2CN(CCc2ccccc2)Cc2cc3cc(C)c(C)cc3[nH]c2=O)cc1. The summed E-state index contributed by atoms with van der Waals surface area (Å²) < 4.78 is 7.08. The first-order chi connectivity index (χ1) is 18.5. The van der Waals surface area contributed by atoms with E-state index in [1.807, 2.05) is 59.3 Å². The lowest BCUT2D eigenvalue weighted by atomic mass is 10.0. The second-order valence-corrected chi connectivity index (χ2v) is 9.69. The summed E-state index contributed by atoms with van der Waals surface area (Å²) in [6.07, 6.45) is 0.852. The second-order valence-electron chi connectivity index (χ2n) is 9.69. The number of hydrogen-bond donors (Lipinski definition) is 1. The zero-order chi connectivity index (χ0) is 26.5. The monoisotopic (exact) mass is 508 g/mol. The van der Waals surface area contributed by atoms with E-state index in [0.29, 0.717) is 19.6 Å². The van der Waals surface area contributed by atoms with Crippen molar-refractivity contribution in [1.82, 2.24) is 30.1 Å². The Morgan fingerprint density at radius 3 is 2.45 bits per heavy atom. The molecule has 0 unspecified atom stereocenters. The number of rotatable bonds is 10. The van der Waals surface area contributed by atoms with Gasteiger partial charge < -0.3 is 9.72 Å². The van der Waals surface area contributed by atoms with Crippen molar-refractivity contribution in [3.63, 3.8) is 0 Å². The Bertz CT molecular complexity index is 1570. The van der Waals surface area contributed by atoms with E-state index in [1.165, 1.54) is 11.1 Å². The molecule has 5 rings (SSSR count). The number of fused-ring (bicyclic) bond motifs is 1. The Morgan fingerprint density at radius 2 is 1.68 bits per heavy atom. The molecule has 0 fully saturated rings. The van der Waals surface area contributed by atoms with Crippen LogP contribution >= 0.6 is 0 Å². The summed E-state index contributed by atoms with van der Waals surface area (Å²) in [5.41, 5.74) is 6.20. The first kappa shape index (κ1) is 25.4. The number of aryl methyl sites for hydroxylation is 2. The van der Waals surface area contributed by atoms with Crippen molar-refractivity contribution >= 4 is 10.9 Å². The van der Waals surface area contributed by atoms with Crippen molar-refractivity contribution in [1.29, 1.82) is 0 Å². The summed E-state index contributed by atoms with van der Waals surface area (Å²) in [7, 11) is 1.65. The zero-order valence-electron chi connectivity index (χ0n) is 22.0. The van der Waals surface area contributed by atoms with Crippen LogP contribution in [0.3, 0.4) is 0 Å². The number of aromatic nitrogens is 5. The van der Waals surface area contributed by atoms with Gasteiger partial charge in [-0.15, -0.1) is 5.10 Å². The van der Waals surface area contributed by atoms with Gasteiger partial charge in [0.15, 0.2) is 5.82 Å². The minimum atomic E-state index is -0.0664. The van der Waals surface area contributed by atoms with Gasteiger partial charge in [-0.1, -0.05) is 42.5 Å². The predicted octanol–water partition coefficient (Wildman–Crippen LogP) is 4.43. The van der Waals surface area contributed by atoms with Crippen molar-refractivity contribution in [2.75, 3.05) is 13.7 Å². The number of nitrogens with one attached hydrogen (secondary N) is 1. The number of pyridine rings is 1. The molecule has 0 aliphatic heterocycles. The van der Waals surface area contributed by atoms with Crippen LogP contribution in [-0.4, -0.2) is 43.7 Å². The van der Waals surface area contributed by atoms with Gasteiger partial charge in [-0.05, 0) is 88.7 Å². The van der Waals surface area contributed by atoms with Crippen LogP contribution in [0.1, 0.15) is 33.6 Å². The number of aromatic amines is 1. The fourth-order valence-corrected chi connectivity index (χ4v) is 4.59. The largest absolute Gasteiger partial charge is 0.497 e. The van der Waals surface area contributed by atoms with E-state index in [4.69, 9.17) is 4.74 Å². The lowest BCUT2D eigenvalue weighted by Crippen LogP contribution is -2.30. The highest BCUT2D eigenvalue weighted by Crippen LogP contribution is 2.19. The Kier molecular flexibility index (Phi) is 7.60. The standard InChI is InChI=1S/C30H32N6O2/c1-21-15-25-17-26(30(37)31-28(25)16-22(21)2)19-35(14-13-23-7-5-4-6-8-23)20-29-32-33-34-36(29)18-24-9-11-27(38-3)12-10-24/h4-12,15-17H,13-14,18-20H2,1-3H3,(H,31,37). The number of benzene rings is 3. The quantitative estimate of drug-likeness (QED) is 0.300. The lowest BCUT2D eigenvalue weighted by Gasteiger charge is -2.22. The van der Waals surface area contributed by atoms with Crippen molar-refractivity contribution in [3.8, 4) is 5.75 Å². The zero-order valence-corrected chi connectivity index (χ0v) is 22.0. The van der Waals surface area contributed by atoms with E-state index in [-0.39, 0.29) is 5.56 Å². The van der Waals surface area contributed by atoms with Gasteiger partial charge >= 0.3 is 0 Å². The number of tetrazole rings is 1. The summed E-state index contributed by atoms with van der Waals surface area (Å²) in [6, 6.07) is 24.4. The fourth-order valence-electron chi connectivity index (χ4n) is 4.59. The molecular formula is C30H32N6O2. The molecule has 0 spiro atoms. The molecule has 0 atom stereocenters. The van der Waals surface area contributed by atoms with E-state index in [1.54, 1.807) is 7.11 Å². The molecule has 0 aliphatic carbocycles. The molecular weight excluding hydrogens is 476 g/mol. The number of H-pyrrole nitrogens is 1. The average molecular weight is 509 g/mol. The molecule has 3 aromatic carbocycles. The van der Waals surface area contributed by atoms with Gasteiger partial charge in [-0.2, -0.15) is 0 Å². The molecule has 2 aromatic heterocycles. The maximum atomic E-state index is 13.1. The van der Waals surface area contributed by atoms with Crippen molar-refractivity contribution in [2.24, 2.45) is 0 Å². The number of hydrogen-bond acceptors (Lipinski definition) is 6. The van der Waals surface area contributed by atoms with Gasteiger partial charge in [0.25, 0.3) is 5.56 Å². The molecule has 8 nitrogen and oxygen atoms in total. The minimum absolute atomic E-state index is 0.0664. The third kappa shape index (κ3) is 5.98. The molecule has 38 heavy (non-hydrogen) atoms. The Morgan fingerprint density at radius 1 is 0.921 bits per heavy atom. The van der Waals surface area contributed by atoms with Gasteiger partial charge in [0, 0.05) is 24.2 Å². The molecule has 0 amide bonds. The highest BCUT2D eigenvalue weighted by atomic mass is 16.5. The maximum Gasteiger partial charge on any atom is 0.252 e. The first-order valence-corrected chi connectivity index (χ1v) is 12.8. The summed E-state index contributed by atoms with van der Waals surface area (Å²) >= 11 is 0. The van der Waals surface area contributed by atoms with Crippen LogP contribution in [0.4, 0.5) is 0 Å². The van der Waals surface area contributed by atoms with E-state index < -0.39 is 0 Å². The molecule has 8 heteroatoms. The van der Waals surface area contributed by atoms with Crippen LogP contribution in [0.25, 0.3) is 10.9 Å². The molecule has 0 radical (unpaired) electrons. The summed E-state index contributed by atoms with van der Waals surface area (Å²) in [6.45, 7) is 6.45. The second kappa shape index (κ2) is 11.4. The molecule has 1 N–H and O–H groups in total. The van der Waals surface area contributed by atoms with Crippen LogP contribution in [0.2, 0.25) is 0 Å². The number of ether oxygens (including phenoxy) is 1. The predicted molar refractivity (Wildman–Crippen MR) is 148 cm³/mol.